The van der Waals surface area contributed by atoms with Crippen molar-refractivity contribution in [2.24, 2.45) is 0 Å². The van der Waals surface area contributed by atoms with Gasteiger partial charge in [-0.1, -0.05) is 0 Å². The van der Waals surface area contributed by atoms with Crippen LogP contribution in [0, 0.1) is 0 Å². The first-order valence-electron chi connectivity index (χ1n) is 6.83. The van der Waals surface area contributed by atoms with Gasteiger partial charge in [-0.05, 0) is 37.1 Å². The second-order valence-electron chi connectivity index (χ2n) is 4.99. The minimum Gasteiger partial charge on any atom is -0.458 e. The first-order chi connectivity index (χ1) is 9.33. The molecule has 1 atom stereocenters. The molecule has 0 aliphatic carbocycles. The Labute approximate surface area is 117 Å². The average molecular weight is 278 g/mol. The minimum atomic E-state index is -0.243. The second kappa shape index (κ2) is 5.82. The Hall–Kier alpha value is -1.23. The van der Waals surface area contributed by atoms with Gasteiger partial charge in [-0.25, -0.2) is 9.78 Å². The maximum Gasteiger partial charge on any atom is 0.340 e. The molecule has 2 saturated heterocycles. The Kier molecular flexibility index (Phi) is 3.92. The summed E-state index contributed by atoms with van der Waals surface area (Å²) in [5, 5.41) is 0. The monoisotopic (exact) mass is 278 g/mol. The van der Waals surface area contributed by atoms with Crippen molar-refractivity contribution in [3.8, 4) is 0 Å². The third-order valence-corrected chi connectivity index (χ3v) is 4.71. The topological polar surface area (TPSA) is 42.4 Å². The molecule has 2 fully saturated rings. The number of rotatable bonds is 3. The molecule has 0 amide bonds. The summed E-state index contributed by atoms with van der Waals surface area (Å²) in [6, 6.07) is 3.75. The molecule has 5 heteroatoms. The Morgan fingerprint density at radius 3 is 2.84 bits per heavy atom. The van der Waals surface area contributed by atoms with E-state index in [4.69, 9.17) is 4.74 Å². The van der Waals surface area contributed by atoms with Crippen molar-refractivity contribution in [1.29, 1.82) is 0 Å². The van der Waals surface area contributed by atoms with Crippen molar-refractivity contribution >= 4 is 23.5 Å². The smallest absolute Gasteiger partial charge is 0.340 e. The van der Waals surface area contributed by atoms with E-state index >= 15 is 0 Å². The highest BCUT2D eigenvalue weighted by Crippen LogP contribution is 2.22. The number of aromatic nitrogens is 1. The normalized spacial score (nSPS) is 22.7. The van der Waals surface area contributed by atoms with Crippen LogP contribution in [0.4, 0.5) is 5.82 Å². The highest BCUT2D eigenvalue weighted by molar-refractivity contribution is 7.99. The molecule has 19 heavy (non-hydrogen) atoms. The number of carbonyl (C=O) groups excluding carboxylic acids is 1. The second-order valence-corrected chi connectivity index (χ2v) is 6.14. The number of carbonyl (C=O) groups is 1. The quantitative estimate of drug-likeness (QED) is 0.794. The van der Waals surface area contributed by atoms with Crippen LogP contribution in [0.25, 0.3) is 0 Å². The van der Waals surface area contributed by atoms with Gasteiger partial charge < -0.3 is 9.64 Å². The molecule has 0 unspecified atom stereocenters. The van der Waals surface area contributed by atoms with Crippen molar-refractivity contribution in [2.45, 2.75) is 25.4 Å². The van der Waals surface area contributed by atoms with Crippen LogP contribution in [0.15, 0.2) is 18.3 Å². The Morgan fingerprint density at radius 2 is 2.21 bits per heavy atom. The van der Waals surface area contributed by atoms with Crippen LogP contribution < -0.4 is 4.90 Å². The maximum absolute atomic E-state index is 11.9. The summed E-state index contributed by atoms with van der Waals surface area (Å²) in [4.78, 5) is 18.6. The number of hydrogen-bond donors (Lipinski definition) is 0. The molecule has 3 heterocycles. The Morgan fingerprint density at radius 1 is 1.37 bits per heavy atom. The van der Waals surface area contributed by atoms with Gasteiger partial charge in [0.1, 0.15) is 11.9 Å². The zero-order valence-corrected chi connectivity index (χ0v) is 11.7. The number of ether oxygens (including phenoxy) is 1. The van der Waals surface area contributed by atoms with E-state index in [-0.39, 0.29) is 12.1 Å². The summed E-state index contributed by atoms with van der Waals surface area (Å²) >= 11 is 1.84. The van der Waals surface area contributed by atoms with E-state index in [0.717, 1.165) is 36.8 Å². The summed E-state index contributed by atoms with van der Waals surface area (Å²) in [7, 11) is 0. The summed E-state index contributed by atoms with van der Waals surface area (Å²) in [5.74, 6) is 2.73. The van der Waals surface area contributed by atoms with Crippen molar-refractivity contribution in [1.82, 2.24) is 4.98 Å². The minimum absolute atomic E-state index is 0.0794. The lowest BCUT2D eigenvalue weighted by atomic mass is 10.2. The van der Waals surface area contributed by atoms with Crippen molar-refractivity contribution in [3.63, 3.8) is 0 Å². The van der Waals surface area contributed by atoms with Crippen LogP contribution in [-0.4, -0.2) is 41.7 Å². The van der Waals surface area contributed by atoms with Gasteiger partial charge in [0.05, 0.1) is 5.56 Å². The number of pyridine rings is 1. The van der Waals surface area contributed by atoms with E-state index in [1.165, 1.54) is 12.8 Å². The van der Waals surface area contributed by atoms with Crippen molar-refractivity contribution in [2.75, 3.05) is 29.5 Å². The lowest BCUT2D eigenvalue weighted by Gasteiger charge is -2.16. The number of nitrogens with zero attached hydrogens (tertiary/aromatic N) is 2. The molecular weight excluding hydrogens is 260 g/mol. The van der Waals surface area contributed by atoms with Crippen LogP contribution in [-0.2, 0) is 4.74 Å². The van der Waals surface area contributed by atoms with E-state index in [1.54, 1.807) is 6.20 Å². The van der Waals surface area contributed by atoms with Gasteiger partial charge in [0.15, 0.2) is 0 Å². The largest absolute Gasteiger partial charge is 0.458 e. The predicted molar refractivity (Wildman–Crippen MR) is 76.8 cm³/mol. The van der Waals surface area contributed by atoms with Gasteiger partial charge in [0.25, 0.3) is 0 Å². The van der Waals surface area contributed by atoms with E-state index in [2.05, 4.69) is 9.88 Å². The molecule has 0 N–H and O–H groups in total. The lowest BCUT2D eigenvalue weighted by molar-refractivity contribution is 0.0356. The van der Waals surface area contributed by atoms with E-state index in [0.29, 0.717) is 5.56 Å². The van der Waals surface area contributed by atoms with Gasteiger partial charge >= 0.3 is 5.97 Å². The van der Waals surface area contributed by atoms with Crippen LogP contribution in [0.2, 0.25) is 0 Å². The fourth-order valence-corrected chi connectivity index (χ4v) is 3.56. The SMILES string of the molecule is O=C(O[C@H]1CCSC1)c1ccc(N2CCCC2)nc1. The molecule has 1 aromatic heterocycles. The highest BCUT2D eigenvalue weighted by Gasteiger charge is 2.21. The molecule has 2 aliphatic heterocycles. The standard InChI is InChI=1S/C14H18N2O2S/c17-14(18-12-5-8-19-10-12)11-3-4-13(15-9-11)16-6-1-2-7-16/h3-4,9,12H,1-2,5-8,10H2/t12-/m0/s1. The van der Waals surface area contributed by atoms with Crippen LogP contribution >= 0.6 is 11.8 Å². The maximum atomic E-state index is 11.9. The first-order valence-corrected chi connectivity index (χ1v) is 7.98. The van der Waals surface area contributed by atoms with E-state index in [9.17, 15) is 4.79 Å². The zero-order valence-electron chi connectivity index (χ0n) is 10.9. The fourth-order valence-electron chi connectivity index (χ4n) is 2.47. The Bertz CT molecular complexity index is 437. The van der Waals surface area contributed by atoms with Crippen LogP contribution in [0.1, 0.15) is 29.6 Å². The van der Waals surface area contributed by atoms with Gasteiger partial charge in [-0.3, -0.25) is 0 Å². The summed E-state index contributed by atoms with van der Waals surface area (Å²) in [5.41, 5.74) is 0.555. The van der Waals surface area contributed by atoms with Crippen LogP contribution in [0.5, 0.6) is 0 Å². The van der Waals surface area contributed by atoms with Crippen molar-refractivity contribution < 1.29 is 9.53 Å². The third kappa shape index (κ3) is 3.03. The molecule has 0 spiro atoms. The lowest BCUT2D eigenvalue weighted by Crippen LogP contribution is -2.20. The van der Waals surface area contributed by atoms with Gasteiger partial charge in [0.2, 0.25) is 0 Å². The number of esters is 1. The predicted octanol–water partition coefficient (Wildman–Crippen LogP) is 2.34. The van der Waals surface area contributed by atoms with Crippen molar-refractivity contribution in [3.05, 3.63) is 23.9 Å². The molecule has 0 radical (unpaired) electrons. The molecule has 1 aromatic rings. The van der Waals surface area contributed by atoms with Gasteiger partial charge in [-0.2, -0.15) is 11.8 Å². The molecule has 3 rings (SSSR count). The number of thioether (sulfide) groups is 1. The molecular formula is C14H18N2O2S. The van der Waals surface area contributed by atoms with Gasteiger partial charge in [0, 0.05) is 25.0 Å². The summed E-state index contributed by atoms with van der Waals surface area (Å²) < 4.78 is 5.45. The molecule has 0 saturated carbocycles. The van der Waals surface area contributed by atoms with Crippen LogP contribution in [0.3, 0.4) is 0 Å². The van der Waals surface area contributed by atoms with E-state index in [1.807, 2.05) is 23.9 Å². The highest BCUT2D eigenvalue weighted by atomic mass is 32.2. The van der Waals surface area contributed by atoms with E-state index < -0.39 is 0 Å². The zero-order chi connectivity index (χ0) is 13.1. The first kappa shape index (κ1) is 12.8. The molecule has 4 nitrogen and oxygen atoms in total. The Balaban J connectivity index is 1.62. The number of anilines is 1. The third-order valence-electron chi connectivity index (χ3n) is 3.58. The average Bonchev–Trinajstić information content (AvgIpc) is 3.12. The number of hydrogen-bond acceptors (Lipinski definition) is 5. The van der Waals surface area contributed by atoms with Gasteiger partial charge in [-0.15, -0.1) is 0 Å². The fraction of sp³-hybridized carbons (Fsp3) is 0.571. The summed E-state index contributed by atoms with van der Waals surface area (Å²) in [6.45, 7) is 2.13. The summed E-state index contributed by atoms with van der Waals surface area (Å²) in [6.07, 6.45) is 5.14. The molecule has 0 aromatic carbocycles. The molecule has 102 valence electrons. The molecule has 0 bridgehead atoms. The molecule has 2 aliphatic rings.